The molecule has 0 saturated heterocycles. The van der Waals surface area contributed by atoms with Gasteiger partial charge in [-0.25, -0.2) is 9.78 Å². The van der Waals surface area contributed by atoms with Gasteiger partial charge in [0.15, 0.2) is 6.61 Å². The number of nitrogens with zero attached hydrogens (tertiary/aromatic N) is 2. The van der Waals surface area contributed by atoms with Crippen molar-refractivity contribution in [2.45, 2.75) is 26.7 Å². The van der Waals surface area contributed by atoms with Gasteiger partial charge in [0.2, 0.25) is 5.78 Å². The Balaban J connectivity index is 1.49. The first-order chi connectivity index (χ1) is 16.8. The number of Topliss-reactive ketones (excluding diaryl/α,β-unsaturated/α-hetero) is 1. The number of hydrogen-bond acceptors (Lipinski definition) is 5. The van der Waals surface area contributed by atoms with E-state index in [4.69, 9.17) is 9.72 Å². The normalized spacial score (nSPS) is 13.9. The molecule has 1 aliphatic rings. The number of benzene rings is 2. The maximum absolute atomic E-state index is 13.4. The van der Waals surface area contributed by atoms with Gasteiger partial charge in [0, 0.05) is 29.4 Å². The van der Waals surface area contributed by atoms with Gasteiger partial charge in [-0.05, 0) is 73.7 Å². The molecular weight excluding hydrogens is 440 g/mol. The quantitative estimate of drug-likeness (QED) is 0.314. The number of aromatic hydroxyl groups is 1. The van der Waals surface area contributed by atoms with Crippen LogP contribution >= 0.6 is 0 Å². The maximum Gasteiger partial charge on any atom is 0.339 e. The predicted octanol–water partition coefficient (Wildman–Crippen LogP) is 5.42. The first kappa shape index (κ1) is 22.6. The molecule has 0 fully saturated rings. The predicted molar refractivity (Wildman–Crippen MR) is 136 cm³/mol. The SMILES string of the molecule is Cc1cc(C(=O)COC(=O)c2c3c(nc4ccccc24)C(=Cc2ccc(O)cc2)CC3)c(C)n1C. The molecule has 0 radical (unpaired) electrons. The van der Waals surface area contributed by atoms with Gasteiger partial charge in [-0.15, -0.1) is 0 Å². The fourth-order valence-corrected chi connectivity index (χ4v) is 4.70. The van der Waals surface area contributed by atoms with Crippen LogP contribution in [0, 0.1) is 13.8 Å². The number of para-hydroxylation sites is 1. The minimum atomic E-state index is -0.510. The monoisotopic (exact) mass is 466 g/mol. The number of carbonyl (C=O) groups is 2. The lowest BCUT2D eigenvalue weighted by atomic mass is 10.0. The summed E-state index contributed by atoms with van der Waals surface area (Å²) in [5.74, 6) is -0.518. The fraction of sp³-hybridized carbons (Fsp3) is 0.207. The van der Waals surface area contributed by atoms with Gasteiger partial charge in [0.05, 0.1) is 16.8 Å². The third-order valence-corrected chi connectivity index (χ3v) is 6.79. The number of aryl methyl sites for hydroxylation is 1. The van der Waals surface area contributed by atoms with Crippen LogP contribution in [0.5, 0.6) is 5.75 Å². The Morgan fingerprint density at radius 3 is 2.54 bits per heavy atom. The van der Waals surface area contributed by atoms with Crippen LogP contribution in [0.15, 0.2) is 54.6 Å². The molecule has 1 aliphatic carbocycles. The molecule has 0 saturated carbocycles. The summed E-state index contributed by atoms with van der Waals surface area (Å²) in [5.41, 5.74) is 7.18. The number of ether oxygens (including phenoxy) is 1. The number of esters is 1. The molecular formula is C29H26N2O4. The van der Waals surface area contributed by atoms with E-state index in [-0.39, 0.29) is 18.1 Å². The van der Waals surface area contributed by atoms with Crippen LogP contribution < -0.4 is 0 Å². The number of phenols is 1. The third-order valence-electron chi connectivity index (χ3n) is 6.79. The Labute approximate surface area is 203 Å². The van der Waals surface area contributed by atoms with E-state index in [0.29, 0.717) is 23.1 Å². The highest BCUT2D eigenvalue weighted by Gasteiger charge is 2.28. The van der Waals surface area contributed by atoms with Gasteiger partial charge in [0.25, 0.3) is 0 Å². The summed E-state index contributed by atoms with van der Waals surface area (Å²) < 4.78 is 7.52. The molecule has 5 rings (SSSR count). The number of carbonyl (C=O) groups excluding carboxylic acids is 2. The molecule has 35 heavy (non-hydrogen) atoms. The lowest BCUT2D eigenvalue weighted by Crippen LogP contribution is -2.17. The van der Waals surface area contributed by atoms with Gasteiger partial charge in [-0.1, -0.05) is 30.3 Å². The average molecular weight is 467 g/mol. The number of hydrogen-bond donors (Lipinski definition) is 1. The molecule has 176 valence electrons. The molecule has 0 aliphatic heterocycles. The van der Waals surface area contributed by atoms with Crippen LogP contribution in [-0.2, 0) is 18.2 Å². The van der Waals surface area contributed by atoms with Gasteiger partial charge in [-0.2, -0.15) is 0 Å². The number of rotatable bonds is 5. The van der Waals surface area contributed by atoms with Crippen molar-refractivity contribution in [1.82, 2.24) is 9.55 Å². The summed E-state index contributed by atoms with van der Waals surface area (Å²) in [4.78, 5) is 31.0. The first-order valence-corrected chi connectivity index (χ1v) is 11.6. The zero-order chi connectivity index (χ0) is 24.7. The highest BCUT2D eigenvalue weighted by molar-refractivity contribution is 6.08. The van der Waals surface area contributed by atoms with E-state index in [0.717, 1.165) is 45.6 Å². The lowest BCUT2D eigenvalue weighted by molar-refractivity contribution is 0.0475. The van der Waals surface area contributed by atoms with Gasteiger partial charge in [0.1, 0.15) is 5.75 Å². The second-order valence-corrected chi connectivity index (χ2v) is 8.94. The summed E-state index contributed by atoms with van der Waals surface area (Å²) in [6.45, 7) is 3.50. The maximum atomic E-state index is 13.4. The molecule has 0 bridgehead atoms. The summed E-state index contributed by atoms with van der Waals surface area (Å²) in [7, 11) is 1.91. The molecule has 2 aromatic heterocycles. The van der Waals surface area contributed by atoms with Crippen molar-refractivity contribution in [3.8, 4) is 5.75 Å². The topological polar surface area (TPSA) is 81.4 Å². The van der Waals surface area contributed by atoms with Gasteiger partial charge in [-0.3, -0.25) is 4.79 Å². The Hall–Kier alpha value is -4.19. The van der Waals surface area contributed by atoms with Crippen molar-refractivity contribution in [2.75, 3.05) is 6.61 Å². The number of pyridine rings is 1. The largest absolute Gasteiger partial charge is 0.508 e. The van der Waals surface area contributed by atoms with E-state index in [9.17, 15) is 14.7 Å². The molecule has 0 spiro atoms. The molecule has 0 amide bonds. The van der Waals surface area contributed by atoms with Crippen LogP contribution in [0.4, 0.5) is 0 Å². The van der Waals surface area contributed by atoms with Crippen LogP contribution in [0.25, 0.3) is 22.6 Å². The van der Waals surface area contributed by atoms with Gasteiger partial charge >= 0.3 is 5.97 Å². The van der Waals surface area contributed by atoms with Crippen LogP contribution in [-0.4, -0.2) is 33.0 Å². The zero-order valence-electron chi connectivity index (χ0n) is 20.0. The molecule has 0 unspecified atom stereocenters. The van der Waals surface area contributed by atoms with E-state index in [1.54, 1.807) is 12.1 Å². The average Bonchev–Trinajstić information content (AvgIpc) is 3.37. The summed E-state index contributed by atoms with van der Waals surface area (Å²) >= 11 is 0. The van der Waals surface area contributed by atoms with Crippen molar-refractivity contribution in [3.05, 3.63) is 93.9 Å². The molecule has 2 heterocycles. The fourth-order valence-electron chi connectivity index (χ4n) is 4.70. The number of aromatic nitrogens is 2. The van der Waals surface area contributed by atoms with Crippen LogP contribution in [0.1, 0.15) is 55.3 Å². The molecule has 4 aromatic rings. The van der Waals surface area contributed by atoms with Crippen molar-refractivity contribution in [3.63, 3.8) is 0 Å². The standard InChI is InChI=1S/C29H26N2O4/c1-17-14-24(18(2)31(17)3)26(33)16-35-29(34)27-22-6-4-5-7-25(22)30-28-20(10-13-23(27)28)15-19-8-11-21(32)12-9-19/h4-9,11-12,14-15,32H,10,13,16H2,1-3H3. The molecule has 6 heteroatoms. The first-order valence-electron chi connectivity index (χ1n) is 11.6. The Kier molecular flexibility index (Phi) is 5.73. The van der Waals surface area contributed by atoms with E-state index in [1.165, 1.54) is 0 Å². The second-order valence-electron chi connectivity index (χ2n) is 8.94. The Bertz CT molecular complexity index is 1510. The van der Waals surface area contributed by atoms with E-state index in [1.807, 2.05) is 74.0 Å². The Morgan fingerprint density at radius 1 is 1.09 bits per heavy atom. The number of fused-ring (bicyclic) bond motifs is 2. The molecule has 0 atom stereocenters. The summed E-state index contributed by atoms with van der Waals surface area (Å²) in [5, 5.41) is 10.3. The molecule has 6 nitrogen and oxygen atoms in total. The number of phenolic OH excluding ortho intramolecular Hbond substituents is 1. The third kappa shape index (κ3) is 4.12. The smallest absolute Gasteiger partial charge is 0.339 e. The van der Waals surface area contributed by atoms with Crippen molar-refractivity contribution in [2.24, 2.45) is 7.05 Å². The number of allylic oxidation sites excluding steroid dienone is 1. The van der Waals surface area contributed by atoms with E-state index < -0.39 is 5.97 Å². The zero-order valence-corrected chi connectivity index (χ0v) is 20.0. The Morgan fingerprint density at radius 2 is 1.83 bits per heavy atom. The highest BCUT2D eigenvalue weighted by Crippen LogP contribution is 2.38. The minimum absolute atomic E-state index is 0.212. The van der Waals surface area contributed by atoms with Gasteiger partial charge < -0.3 is 14.4 Å². The molecule has 1 N–H and O–H groups in total. The summed E-state index contributed by atoms with van der Waals surface area (Å²) in [6.07, 6.45) is 3.43. The van der Waals surface area contributed by atoms with Crippen molar-refractivity contribution in [1.29, 1.82) is 0 Å². The lowest BCUT2D eigenvalue weighted by Gasteiger charge is -2.12. The van der Waals surface area contributed by atoms with Crippen LogP contribution in [0.2, 0.25) is 0 Å². The summed E-state index contributed by atoms with van der Waals surface area (Å²) in [6, 6.07) is 16.3. The highest BCUT2D eigenvalue weighted by atomic mass is 16.5. The molecule has 2 aromatic carbocycles. The van der Waals surface area contributed by atoms with Crippen molar-refractivity contribution < 1.29 is 19.4 Å². The minimum Gasteiger partial charge on any atom is -0.508 e. The van der Waals surface area contributed by atoms with Crippen LogP contribution in [0.3, 0.4) is 0 Å². The second kappa shape index (κ2) is 8.87. The van der Waals surface area contributed by atoms with E-state index in [2.05, 4.69) is 0 Å². The van der Waals surface area contributed by atoms with E-state index >= 15 is 0 Å². The van der Waals surface area contributed by atoms with Crippen molar-refractivity contribution >= 4 is 34.3 Å². The number of ketones is 1.